The van der Waals surface area contributed by atoms with Gasteiger partial charge in [-0.15, -0.1) is 0 Å². The fourth-order valence-corrected chi connectivity index (χ4v) is 5.38. The average molecular weight is 739 g/mol. The van der Waals surface area contributed by atoms with Crippen molar-refractivity contribution in [3.8, 4) is 57.3 Å². The average Bonchev–Trinajstić information content (AvgIpc) is 3.14. The molecular weight excluding hydrogens is 700 g/mol. The van der Waals surface area contributed by atoms with Crippen molar-refractivity contribution in [1.82, 2.24) is 10.6 Å². The van der Waals surface area contributed by atoms with E-state index in [4.69, 9.17) is 9.15 Å². The molecule has 0 unspecified atom stereocenters. The minimum Gasteiger partial charge on any atom is -0.507 e. The lowest BCUT2D eigenvalue weighted by Crippen LogP contribution is -2.23. The molecule has 0 bridgehead atoms. The van der Waals surface area contributed by atoms with Crippen LogP contribution in [0.15, 0.2) is 88.1 Å². The molecule has 0 aliphatic carbocycles. The van der Waals surface area contributed by atoms with Crippen LogP contribution < -0.4 is 20.8 Å². The second kappa shape index (κ2) is 17.4. The molecule has 0 spiro atoms. The number of benzene rings is 4. The van der Waals surface area contributed by atoms with Crippen LogP contribution in [0.3, 0.4) is 0 Å². The molecule has 0 fully saturated rings. The number of hydrogen-bond acceptors (Lipinski definition) is 12. The van der Waals surface area contributed by atoms with E-state index in [-0.39, 0.29) is 100 Å². The van der Waals surface area contributed by atoms with Crippen LogP contribution in [0.2, 0.25) is 0 Å². The molecule has 280 valence electrons. The zero-order valence-corrected chi connectivity index (χ0v) is 28.8. The number of amides is 2. The lowest BCUT2D eigenvalue weighted by atomic mass is 9.99. The van der Waals surface area contributed by atoms with Gasteiger partial charge in [-0.1, -0.05) is 12.1 Å². The van der Waals surface area contributed by atoms with Gasteiger partial charge in [0.1, 0.15) is 28.2 Å². The van der Waals surface area contributed by atoms with Gasteiger partial charge in [0, 0.05) is 48.5 Å². The molecule has 14 nitrogen and oxygen atoms in total. The molecule has 9 N–H and O–H groups in total. The predicted octanol–water partition coefficient (Wildman–Crippen LogP) is 5.15. The van der Waals surface area contributed by atoms with Crippen molar-refractivity contribution in [3.05, 3.63) is 106 Å². The third kappa shape index (κ3) is 9.82. The van der Waals surface area contributed by atoms with E-state index in [9.17, 15) is 50.1 Å². The molecule has 2 amide bonds. The highest BCUT2D eigenvalue weighted by molar-refractivity contribution is 5.92. The van der Waals surface area contributed by atoms with E-state index in [2.05, 4.69) is 10.6 Å². The summed E-state index contributed by atoms with van der Waals surface area (Å²) in [7, 11) is 0. The number of hydrogen-bond donors (Lipinski definition) is 9. The zero-order valence-electron chi connectivity index (χ0n) is 28.8. The topological polar surface area (TPSA) is 239 Å². The molecule has 0 radical (unpaired) electrons. The maximum absolute atomic E-state index is 13.8. The molecule has 5 rings (SSSR count). The zero-order chi connectivity index (χ0) is 38.8. The normalized spacial score (nSPS) is 11.3. The summed E-state index contributed by atoms with van der Waals surface area (Å²) in [5.74, 6) is -2.79. The van der Waals surface area contributed by atoms with Crippen molar-refractivity contribution >= 4 is 34.9 Å². The van der Waals surface area contributed by atoms with Crippen LogP contribution in [0.4, 0.5) is 0 Å². The molecule has 1 aromatic heterocycles. The van der Waals surface area contributed by atoms with Crippen LogP contribution in [0.25, 0.3) is 34.4 Å². The third-order valence-electron chi connectivity index (χ3n) is 8.17. The number of unbranched alkanes of at least 4 members (excludes halogenated alkanes) is 1. The van der Waals surface area contributed by atoms with E-state index in [1.165, 1.54) is 91.0 Å². The molecule has 14 heteroatoms. The smallest absolute Gasteiger partial charge is 0.244 e. The molecule has 0 saturated heterocycles. The van der Waals surface area contributed by atoms with Crippen molar-refractivity contribution < 1.29 is 54.5 Å². The van der Waals surface area contributed by atoms with Crippen LogP contribution >= 0.6 is 0 Å². The van der Waals surface area contributed by atoms with Gasteiger partial charge >= 0.3 is 0 Å². The number of nitrogens with one attached hydrogen (secondary N) is 2. The molecule has 0 saturated carbocycles. The summed E-state index contributed by atoms with van der Waals surface area (Å²) < 4.78 is 11.9. The first-order chi connectivity index (χ1) is 25.9. The summed E-state index contributed by atoms with van der Waals surface area (Å²) in [4.78, 5) is 38.3. The maximum Gasteiger partial charge on any atom is 0.244 e. The quantitative estimate of drug-likeness (QED) is 0.0385. The Morgan fingerprint density at radius 3 is 1.76 bits per heavy atom. The molecule has 0 aliphatic heterocycles. The molecule has 5 aromatic rings. The lowest BCUT2D eigenvalue weighted by Gasteiger charge is -2.13. The molecule has 4 aromatic carbocycles. The summed E-state index contributed by atoms with van der Waals surface area (Å²) in [6, 6.07) is 15.0. The second-order valence-corrected chi connectivity index (χ2v) is 12.2. The number of carbonyl (C=O) groups is 2. The highest BCUT2D eigenvalue weighted by Gasteiger charge is 2.20. The van der Waals surface area contributed by atoms with E-state index in [1.807, 2.05) is 0 Å². The van der Waals surface area contributed by atoms with Gasteiger partial charge in [0.25, 0.3) is 0 Å². The molecule has 0 atom stereocenters. The summed E-state index contributed by atoms with van der Waals surface area (Å²) in [6.45, 7) is 0.659. The van der Waals surface area contributed by atoms with Gasteiger partial charge in [-0.2, -0.15) is 0 Å². The maximum atomic E-state index is 13.8. The Labute approximate surface area is 308 Å². The van der Waals surface area contributed by atoms with E-state index >= 15 is 0 Å². The van der Waals surface area contributed by atoms with Crippen molar-refractivity contribution in [2.75, 3.05) is 19.7 Å². The van der Waals surface area contributed by atoms with E-state index in [0.29, 0.717) is 36.0 Å². The highest BCUT2D eigenvalue weighted by atomic mass is 16.5. The number of rotatable bonds is 15. The van der Waals surface area contributed by atoms with Crippen molar-refractivity contribution in [1.29, 1.82) is 0 Å². The second-order valence-electron chi connectivity index (χ2n) is 12.2. The van der Waals surface area contributed by atoms with Crippen molar-refractivity contribution in [3.63, 3.8) is 0 Å². The molecular formula is C40H38N2O12. The number of ether oxygens (including phenoxy) is 1. The first-order valence-electron chi connectivity index (χ1n) is 16.8. The summed E-state index contributed by atoms with van der Waals surface area (Å²) in [5, 5.41) is 74.4. The molecule has 54 heavy (non-hydrogen) atoms. The van der Waals surface area contributed by atoms with Gasteiger partial charge in [-0.3, -0.25) is 14.4 Å². The highest BCUT2D eigenvalue weighted by Crippen LogP contribution is 2.36. The van der Waals surface area contributed by atoms with Gasteiger partial charge in [0.05, 0.1) is 6.61 Å². The SMILES string of the molecule is O=C(/C=C/c1ccc(O)c(O)c1)NCCCCc1c(-c2ccc(O)c(O)c2)oc2cc(OCCCNC(=O)/C=C/c3ccc(O)c(O)c3)cc(O)c2c1=O. The Kier molecular flexibility index (Phi) is 12.3. The van der Waals surface area contributed by atoms with Gasteiger partial charge in [-0.25, -0.2) is 0 Å². The predicted molar refractivity (Wildman–Crippen MR) is 200 cm³/mol. The number of phenolic OH excluding ortho intramolecular Hbond substituents is 7. The largest absolute Gasteiger partial charge is 0.507 e. The summed E-state index contributed by atoms with van der Waals surface area (Å²) in [6.07, 6.45) is 6.99. The minimum absolute atomic E-state index is 0.0148. The number of carbonyl (C=O) groups excluding carboxylic acids is 2. The first kappa shape index (κ1) is 38.1. The van der Waals surface area contributed by atoms with Gasteiger partial charge in [0.15, 0.2) is 39.9 Å². The number of fused-ring (bicyclic) bond motifs is 1. The van der Waals surface area contributed by atoms with Crippen LogP contribution in [0.1, 0.15) is 36.0 Å². The van der Waals surface area contributed by atoms with Crippen LogP contribution in [-0.4, -0.2) is 67.3 Å². The first-order valence-corrected chi connectivity index (χ1v) is 16.8. The van der Waals surface area contributed by atoms with Crippen LogP contribution in [0, 0.1) is 0 Å². The molecule has 0 aliphatic rings. The standard InChI is InChI=1S/C40H38N2O12/c43-28-10-5-23(18-31(28)46)7-13-36(50)41-15-2-1-4-27-39(52)38-34(49)21-26(22-35(38)54-40(27)25-9-12-30(45)33(48)20-25)53-17-3-16-42-37(51)14-8-24-6-11-29(44)32(47)19-24/h5-14,18-22,43-49H,1-4,15-17H2,(H,41,50)(H,42,51)/b13-7+,14-8+. The van der Waals surface area contributed by atoms with Gasteiger partial charge in [0.2, 0.25) is 11.8 Å². The summed E-state index contributed by atoms with van der Waals surface area (Å²) in [5.41, 5.74) is 1.05. The molecule has 1 heterocycles. The number of aromatic hydroxyl groups is 7. The number of phenols is 7. The Hall–Kier alpha value is -7.09. The monoisotopic (exact) mass is 738 g/mol. The van der Waals surface area contributed by atoms with E-state index in [1.54, 1.807) is 0 Å². The van der Waals surface area contributed by atoms with E-state index in [0.717, 1.165) is 0 Å². The van der Waals surface area contributed by atoms with Crippen LogP contribution in [0.5, 0.6) is 46.0 Å². The van der Waals surface area contributed by atoms with Gasteiger partial charge < -0.3 is 55.5 Å². The fraction of sp³-hybridized carbons (Fsp3) is 0.175. The van der Waals surface area contributed by atoms with E-state index < -0.39 is 11.2 Å². The van der Waals surface area contributed by atoms with Crippen molar-refractivity contribution in [2.24, 2.45) is 0 Å². The Morgan fingerprint density at radius 2 is 1.19 bits per heavy atom. The summed E-state index contributed by atoms with van der Waals surface area (Å²) >= 11 is 0. The minimum atomic E-state index is -0.509. The Balaban J connectivity index is 1.22. The van der Waals surface area contributed by atoms with Gasteiger partial charge in [-0.05, 0) is 91.4 Å². The fourth-order valence-electron chi connectivity index (χ4n) is 5.38. The third-order valence-corrected chi connectivity index (χ3v) is 8.17. The lowest BCUT2D eigenvalue weighted by molar-refractivity contribution is -0.117. The van der Waals surface area contributed by atoms with Crippen molar-refractivity contribution in [2.45, 2.75) is 25.7 Å². The Bertz CT molecular complexity index is 2290. The Morgan fingerprint density at radius 1 is 0.630 bits per heavy atom. The van der Waals surface area contributed by atoms with Crippen LogP contribution in [-0.2, 0) is 16.0 Å².